The van der Waals surface area contributed by atoms with E-state index in [2.05, 4.69) is 0 Å². The number of rotatable bonds is 6. The maximum absolute atomic E-state index is 13.9. The number of sulfonamides is 3. The lowest BCUT2D eigenvalue weighted by Crippen LogP contribution is -2.48. The van der Waals surface area contributed by atoms with Crippen LogP contribution in [0.3, 0.4) is 0 Å². The van der Waals surface area contributed by atoms with Gasteiger partial charge in [0.25, 0.3) is 0 Å². The van der Waals surface area contributed by atoms with Crippen molar-refractivity contribution in [1.82, 2.24) is 12.9 Å². The van der Waals surface area contributed by atoms with Gasteiger partial charge in [0.15, 0.2) is 0 Å². The molecule has 41 heavy (non-hydrogen) atoms. The third kappa shape index (κ3) is 6.58. The van der Waals surface area contributed by atoms with E-state index in [1.807, 2.05) is 20.8 Å². The molecule has 0 radical (unpaired) electrons. The molecule has 0 aromatic heterocycles. The van der Waals surface area contributed by atoms with Crippen molar-refractivity contribution in [2.45, 2.75) is 61.4 Å². The van der Waals surface area contributed by atoms with Gasteiger partial charge in [0.2, 0.25) is 30.1 Å². The maximum Gasteiger partial charge on any atom is 0.243 e. The fourth-order valence-electron chi connectivity index (χ4n) is 4.94. The molecule has 0 unspecified atom stereocenters. The first kappa shape index (κ1) is 31.3. The normalized spacial score (nSPS) is 20.7. The molecule has 4 rings (SSSR count). The van der Waals surface area contributed by atoms with Gasteiger partial charge in [-0.2, -0.15) is 12.9 Å². The first-order valence-corrected chi connectivity index (χ1v) is 17.7. The van der Waals surface area contributed by atoms with E-state index < -0.39 is 42.2 Å². The van der Waals surface area contributed by atoms with Crippen LogP contribution in [0.2, 0.25) is 0 Å². The third-order valence-electron chi connectivity index (χ3n) is 7.37. The van der Waals surface area contributed by atoms with Crippen molar-refractivity contribution in [2.75, 3.05) is 26.2 Å². The Morgan fingerprint density at radius 2 is 0.756 bits per heavy atom. The molecular formula is C29H37N3O6S3. The van der Waals surface area contributed by atoms with Gasteiger partial charge in [-0.3, -0.25) is 0 Å². The molecular weight excluding hydrogens is 583 g/mol. The Hall–Kier alpha value is -2.61. The summed E-state index contributed by atoms with van der Waals surface area (Å²) in [5.74, 6) is 0. The molecule has 0 spiro atoms. The lowest BCUT2D eigenvalue weighted by Gasteiger charge is -2.31. The van der Waals surface area contributed by atoms with Crippen LogP contribution in [0.5, 0.6) is 0 Å². The summed E-state index contributed by atoms with van der Waals surface area (Å²) in [6.07, 6.45) is 0. The van der Waals surface area contributed by atoms with E-state index in [1.54, 1.807) is 50.2 Å². The summed E-state index contributed by atoms with van der Waals surface area (Å²) in [5.41, 5.74) is 2.67. The van der Waals surface area contributed by atoms with Crippen LogP contribution < -0.4 is 0 Å². The van der Waals surface area contributed by atoms with Crippen LogP contribution in [0.25, 0.3) is 0 Å². The number of hydrogen-bond donors (Lipinski definition) is 0. The molecule has 0 bridgehead atoms. The molecule has 9 nitrogen and oxygen atoms in total. The minimum Gasteiger partial charge on any atom is -0.207 e. The largest absolute Gasteiger partial charge is 0.243 e. The fraction of sp³-hybridized carbons (Fsp3) is 0.379. The molecule has 3 aromatic rings. The van der Waals surface area contributed by atoms with Crippen molar-refractivity contribution >= 4 is 30.1 Å². The van der Waals surface area contributed by atoms with E-state index in [9.17, 15) is 25.3 Å². The zero-order chi connectivity index (χ0) is 30.2. The molecule has 0 saturated carbocycles. The predicted molar refractivity (Wildman–Crippen MR) is 159 cm³/mol. The Morgan fingerprint density at radius 1 is 0.488 bits per heavy atom. The van der Waals surface area contributed by atoms with Crippen molar-refractivity contribution in [1.29, 1.82) is 0 Å². The standard InChI is InChI=1S/C29H37N3O6S3/c1-22-6-12-27(13-7-22)39(33,34)30-20-25(4)31(40(35,36)28-14-8-23(2)9-15-28)18-19-32(26(5)21-30)41(37,38)29-16-10-24(3)11-17-29/h6-17,25-26H,18-21H2,1-5H3/t25-,26-/m0/s1. The van der Waals surface area contributed by atoms with Gasteiger partial charge in [-0.1, -0.05) is 53.1 Å². The van der Waals surface area contributed by atoms with E-state index in [4.69, 9.17) is 0 Å². The minimum absolute atomic E-state index is 0.0580. The number of aryl methyl sites for hydroxylation is 3. The molecule has 12 heteroatoms. The summed E-state index contributed by atoms with van der Waals surface area (Å²) in [5, 5.41) is 0. The average Bonchev–Trinajstić information content (AvgIpc) is 2.97. The van der Waals surface area contributed by atoms with Crippen LogP contribution in [0.15, 0.2) is 87.5 Å². The zero-order valence-electron chi connectivity index (χ0n) is 23.9. The third-order valence-corrected chi connectivity index (χ3v) is 13.3. The van der Waals surface area contributed by atoms with Gasteiger partial charge in [0.05, 0.1) is 14.7 Å². The summed E-state index contributed by atoms with van der Waals surface area (Å²) < 4.78 is 86.9. The highest BCUT2D eigenvalue weighted by atomic mass is 32.2. The van der Waals surface area contributed by atoms with Crippen LogP contribution in [0.4, 0.5) is 0 Å². The smallest absolute Gasteiger partial charge is 0.207 e. The Balaban J connectivity index is 1.82. The molecule has 1 heterocycles. The van der Waals surface area contributed by atoms with E-state index in [0.29, 0.717) is 0 Å². The maximum atomic E-state index is 13.9. The number of nitrogens with zero attached hydrogens (tertiary/aromatic N) is 3. The molecule has 1 fully saturated rings. The molecule has 0 aliphatic carbocycles. The van der Waals surface area contributed by atoms with E-state index in [1.165, 1.54) is 49.3 Å². The van der Waals surface area contributed by atoms with Gasteiger partial charge < -0.3 is 0 Å². The molecule has 0 amide bonds. The van der Waals surface area contributed by atoms with Gasteiger partial charge in [-0.05, 0) is 71.0 Å². The summed E-state index contributed by atoms with van der Waals surface area (Å²) in [6.45, 7) is 8.26. The molecule has 1 saturated heterocycles. The Morgan fingerprint density at radius 3 is 1.05 bits per heavy atom. The second-order valence-corrected chi connectivity index (χ2v) is 16.4. The summed E-state index contributed by atoms with van der Waals surface area (Å²) in [7, 11) is -12.3. The second-order valence-electron chi connectivity index (χ2n) is 10.7. The lowest BCUT2D eigenvalue weighted by atomic mass is 10.2. The van der Waals surface area contributed by atoms with Crippen molar-refractivity contribution in [3.63, 3.8) is 0 Å². The van der Waals surface area contributed by atoms with Gasteiger partial charge in [0.1, 0.15) is 0 Å². The highest BCUT2D eigenvalue weighted by Gasteiger charge is 2.40. The molecule has 2 atom stereocenters. The number of hydrogen-bond acceptors (Lipinski definition) is 6. The predicted octanol–water partition coefficient (Wildman–Crippen LogP) is 3.77. The first-order chi connectivity index (χ1) is 19.1. The highest BCUT2D eigenvalue weighted by molar-refractivity contribution is 7.90. The van der Waals surface area contributed by atoms with Crippen LogP contribution >= 0.6 is 0 Å². The minimum atomic E-state index is -4.09. The van der Waals surface area contributed by atoms with Crippen molar-refractivity contribution < 1.29 is 25.3 Å². The van der Waals surface area contributed by atoms with Gasteiger partial charge >= 0.3 is 0 Å². The topological polar surface area (TPSA) is 112 Å². The summed E-state index contributed by atoms with van der Waals surface area (Å²) in [4.78, 5) is 0.175. The van der Waals surface area contributed by atoms with Crippen LogP contribution in [-0.4, -0.2) is 76.4 Å². The Labute approximate surface area is 244 Å². The summed E-state index contributed by atoms with van der Waals surface area (Å²) in [6, 6.07) is 17.6. The van der Waals surface area contributed by atoms with Crippen molar-refractivity contribution in [3.8, 4) is 0 Å². The summed E-state index contributed by atoms with van der Waals surface area (Å²) >= 11 is 0. The van der Waals surface area contributed by atoms with Crippen molar-refractivity contribution in [2.24, 2.45) is 0 Å². The fourth-order valence-corrected chi connectivity index (χ4v) is 9.77. The van der Waals surface area contributed by atoms with E-state index >= 15 is 0 Å². The van der Waals surface area contributed by atoms with E-state index in [0.717, 1.165) is 16.7 Å². The first-order valence-electron chi connectivity index (χ1n) is 13.4. The number of benzene rings is 3. The molecule has 222 valence electrons. The highest BCUT2D eigenvalue weighted by Crippen LogP contribution is 2.27. The van der Waals surface area contributed by atoms with Crippen LogP contribution in [0.1, 0.15) is 30.5 Å². The van der Waals surface area contributed by atoms with E-state index in [-0.39, 0.29) is 40.9 Å². The Kier molecular flexibility index (Phi) is 9.13. The Bertz CT molecular complexity index is 1600. The molecule has 3 aromatic carbocycles. The zero-order valence-corrected chi connectivity index (χ0v) is 26.4. The molecule has 1 aliphatic heterocycles. The average molecular weight is 620 g/mol. The second kappa shape index (κ2) is 11.9. The van der Waals surface area contributed by atoms with Crippen molar-refractivity contribution in [3.05, 3.63) is 89.5 Å². The molecule has 0 N–H and O–H groups in total. The quantitative estimate of drug-likeness (QED) is 0.415. The van der Waals surface area contributed by atoms with Gasteiger partial charge in [-0.15, -0.1) is 0 Å². The monoisotopic (exact) mass is 619 g/mol. The SMILES string of the molecule is Cc1ccc(S(=O)(=O)N2C[C@H](C)N(S(=O)(=O)c3ccc(C)cc3)CCN(S(=O)(=O)c3ccc(C)cc3)[C@@H](C)C2)cc1. The van der Waals surface area contributed by atoms with Gasteiger partial charge in [0, 0.05) is 38.3 Å². The lowest BCUT2D eigenvalue weighted by molar-refractivity contribution is 0.287. The molecule has 1 aliphatic rings. The van der Waals surface area contributed by atoms with Crippen LogP contribution in [0, 0.1) is 20.8 Å². The van der Waals surface area contributed by atoms with Gasteiger partial charge in [-0.25, -0.2) is 25.3 Å². The van der Waals surface area contributed by atoms with Crippen LogP contribution in [-0.2, 0) is 30.1 Å².